The number of esters is 2. The van der Waals surface area contributed by atoms with Gasteiger partial charge in [0.15, 0.2) is 5.92 Å². The van der Waals surface area contributed by atoms with E-state index in [1.807, 2.05) is 60.7 Å². The van der Waals surface area contributed by atoms with Gasteiger partial charge in [0.25, 0.3) is 0 Å². The maximum Gasteiger partial charge on any atom is 0.320 e. The van der Waals surface area contributed by atoms with Crippen molar-refractivity contribution in [3.63, 3.8) is 0 Å². The van der Waals surface area contributed by atoms with Crippen molar-refractivity contribution in [1.29, 1.82) is 0 Å². The van der Waals surface area contributed by atoms with Gasteiger partial charge >= 0.3 is 11.9 Å². The minimum Gasteiger partial charge on any atom is -0.460 e. The van der Waals surface area contributed by atoms with Crippen molar-refractivity contribution < 1.29 is 19.1 Å². The molecule has 0 heterocycles. The molecule has 2 aromatic rings. The first kappa shape index (κ1) is 18.7. The highest BCUT2D eigenvalue weighted by molar-refractivity contribution is 5.94. The van der Waals surface area contributed by atoms with Crippen LogP contribution in [-0.4, -0.2) is 25.5 Å². The fourth-order valence-corrected chi connectivity index (χ4v) is 2.28. The van der Waals surface area contributed by atoms with Crippen LogP contribution >= 0.6 is 0 Å². The first-order valence-electron chi connectivity index (χ1n) is 8.26. The predicted molar refractivity (Wildman–Crippen MR) is 94.5 cm³/mol. The molecule has 0 aliphatic rings. The second-order valence-corrected chi connectivity index (χ2v) is 5.63. The van der Waals surface area contributed by atoms with Crippen molar-refractivity contribution in [3.05, 3.63) is 71.8 Å². The molecule has 0 atom stereocenters. The van der Waals surface area contributed by atoms with Crippen LogP contribution in [0, 0.1) is 5.92 Å². The monoisotopic (exact) mass is 341 g/mol. The van der Waals surface area contributed by atoms with Gasteiger partial charge in [0, 0.05) is 0 Å². The smallest absolute Gasteiger partial charge is 0.320 e. The first-order valence-corrected chi connectivity index (χ1v) is 8.26. The zero-order chi connectivity index (χ0) is 17.9. The minimum atomic E-state index is -0.931. The Morgan fingerprint density at radius 1 is 0.840 bits per heavy atom. The summed E-state index contributed by atoms with van der Waals surface area (Å²) >= 11 is 0. The lowest BCUT2D eigenvalue weighted by molar-refractivity contribution is -0.164. The number of hydrogen-bond donors (Lipinski definition) is 1. The van der Waals surface area contributed by atoms with Gasteiger partial charge in [-0.15, -0.1) is 0 Å². The molecular weight excluding hydrogens is 318 g/mol. The summed E-state index contributed by atoms with van der Waals surface area (Å²) in [7, 11) is 1.77. The number of carbonyl (C=O) groups excluding carboxylic acids is 2. The van der Waals surface area contributed by atoms with Crippen molar-refractivity contribution in [1.82, 2.24) is 5.32 Å². The summed E-state index contributed by atoms with van der Waals surface area (Å²) in [6, 6.07) is 18.7. The fraction of sp³-hybridized carbons (Fsp3) is 0.300. The summed E-state index contributed by atoms with van der Waals surface area (Å²) < 4.78 is 10.6. The molecule has 0 amide bonds. The van der Waals surface area contributed by atoms with E-state index in [0.717, 1.165) is 11.1 Å². The molecule has 0 aromatic heterocycles. The average molecular weight is 341 g/mol. The lowest BCUT2D eigenvalue weighted by Gasteiger charge is -2.15. The second-order valence-electron chi connectivity index (χ2n) is 5.63. The van der Waals surface area contributed by atoms with E-state index in [9.17, 15) is 9.59 Å². The Bertz CT molecular complexity index is 602. The molecule has 0 unspecified atom stereocenters. The maximum atomic E-state index is 12.3. The topological polar surface area (TPSA) is 64.6 Å². The molecule has 0 bridgehead atoms. The second kappa shape index (κ2) is 10.3. The molecule has 0 aliphatic carbocycles. The molecule has 132 valence electrons. The Morgan fingerprint density at radius 3 is 1.68 bits per heavy atom. The quantitative estimate of drug-likeness (QED) is 0.561. The summed E-state index contributed by atoms with van der Waals surface area (Å²) in [6.45, 7) is 0.801. The van der Waals surface area contributed by atoms with Crippen molar-refractivity contribution in [3.8, 4) is 0 Å². The molecule has 25 heavy (non-hydrogen) atoms. The number of ether oxygens (including phenoxy) is 2. The highest BCUT2D eigenvalue weighted by atomic mass is 16.6. The Morgan fingerprint density at radius 2 is 1.28 bits per heavy atom. The van der Waals surface area contributed by atoms with Crippen LogP contribution in [0.1, 0.15) is 17.5 Å². The minimum absolute atomic E-state index is 0.141. The van der Waals surface area contributed by atoms with E-state index in [0.29, 0.717) is 13.0 Å². The number of benzene rings is 2. The van der Waals surface area contributed by atoms with E-state index < -0.39 is 17.9 Å². The molecule has 0 radical (unpaired) electrons. The summed E-state index contributed by atoms with van der Waals surface area (Å²) in [5, 5.41) is 2.94. The molecule has 0 spiro atoms. The van der Waals surface area contributed by atoms with Crippen molar-refractivity contribution >= 4 is 11.9 Å². The molecule has 2 rings (SSSR count). The van der Waals surface area contributed by atoms with Gasteiger partial charge in [0.1, 0.15) is 13.2 Å². The standard InChI is InChI=1S/C20H23NO4/c1-21-13-12-18(19(22)24-14-16-8-4-2-5-9-16)20(23)25-15-17-10-6-3-7-11-17/h2-11,18,21H,12-15H2,1H3. The molecule has 0 fully saturated rings. The van der Waals surface area contributed by atoms with E-state index in [1.165, 1.54) is 0 Å². The van der Waals surface area contributed by atoms with Gasteiger partial charge in [-0.1, -0.05) is 60.7 Å². The highest BCUT2D eigenvalue weighted by Crippen LogP contribution is 2.12. The number of rotatable bonds is 9. The van der Waals surface area contributed by atoms with Crippen LogP contribution in [0.2, 0.25) is 0 Å². The largest absolute Gasteiger partial charge is 0.460 e. The summed E-state index contributed by atoms with van der Waals surface area (Å²) in [6.07, 6.45) is 0.331. The third-order valence-corrected chi connectivity index (χ3v) is 3.70. The molecule has 5 nitrogen and oxygen atoms in total. The predicted octanol–water partition coefficient (Wildman–Crippen LogP) is 2.70. The van der Waals surface area contributed by atoms with Crippen LogP contribution in [0.3, 0.4) is 0 Å². The third-order valence-electron chi connectivity index (χ3n) is 3.70. The van der Waals surface area contributed by atoms with Gasteiger partial charge in [0.2, 0.25) is 0 Å². The van der Waals surface area contributed by atoms with Gasteiger partial charge < -0.3 is 14.8 Å². The van der Waals surface area contributed by atoms with Crippen LogP contribution in [-0.2, 0) is 32.3 Å². The number of hydrogen-bond acceptors (Lipinski definition) is 5. The highest BCUT2D eigenvalue weighted by Gasteiger charge is 2.29. The van der Waals surface area contributed by atoms with Gasteiger partial charge in [-0.05, 0) is 31.1 Å². The SMILES string of the molecule is CNCCC(C(=O)OCc1ccccc1)C(=O)OCc1ccccc1. The Hall–Kier alpha value is -2.66. The van der Waals surface area contributed by atoms with Crippen molar-refractivity contribution in [2.24, 2.45) is 5.92 Å². The Balaban J connectivity index is 1.91. The van der Waals surface area contributed by atoms with Crippen LogP contribution in [0.15, 0.2) is 60.7 Å². The molecular formula is C20H23NO4. The lowest BCUT2D eigenvalue weighted by atomic mass is 10.1. The molecule has 2 aromatic carbocycles. The van der Waals surface area contributed by atoms with Gasteiger partial charge in [-0.2, -0.15) is 0 Å². The van der Waals surface area contributed by atoms with Gasteiger partial charge in [-0.3, -0.25) is 9.59 Å². The van der Waals surface area contributed by atoms with Crippen LogP contribution in [0.4, 0.5) is 0 Å². The van der Waals surface area contributed by atoms with Crippen molar-refractivity contribution in [2.45, 2.75) is 19.6 Å². The van der Waals surface area contributed by atoms with Crippen LogP contribution in [0.5, 0.6) is 0 Å². The van der Waals surface area contributed by atoms with E-state index in [2.05, 4.69) is 5.32 Å². The van der Waals surface area contributed by atoms with Crippen molar-refractivity contribution in [2.75, 3.05) is 13.6 Å². The van der Waals surface area contributed by atoms with E-state index in [1.54, 1.807) is 7.05 Å². The fourth-order valence-electron chi connectivity index (χ4n) is 2.28. The van der Waals surface area contributed by atoms with E-state index in [4.69, 9.17) is 9.47 Å². The summed E-state index contributed by atoms with van der Waals surface area (Å²) in [5.74, 6) is -2.05. The Kier molecular flexibility index (Phi) is 7.66. The third kappa shape index (κ3) is 6.39. The maximum absolute atomic E-state index is 12.3. The molecule has 0 aliphatic heterocycles. The average Bonchev–Trinajstić information content (AvgIpc) is 2.66. The molecule has 5 heteroatoms. The first-order chi connectivity index (χ1) is 12.2. The number of carbonyl (C=O) groups is 2. The summed E-state index contributed by atoms with van der Waals surface area (Å²) in [4.78, 5) is 24.6. The van der Waals surface area contributed by atoms with E-state index in [-0.39, 0.29) is 13.2 Å². The number of nitrogens with one attached hydrogen (secondary N) is 1. The zero-order valence-corrected chi connectivity index (χ0v) is 14.3. The van der Waals surface area contributed by atoms with E-state index >= 15 is 0 Å². The molecule has 0 saturated heterocycles. The zero-order valence-electron chi connectivity index (χ0n) is 14.3. The lowest BCUT2D eigenvalue weighted by Crippen LogP contribution is -2.30. The van der Waals surface area contributed by atoms with Crippen LogP contribution < -0.4 is 5.32 Å². The normalized spacial score (nSPS) is 10.5. The molecule has 0 saturated carbocycles. The van der Waals surface area contributed by atoms with Gasteiger partial charge in [0.05, 0.1) is 0 Å². The van der Waals surface area contributed by atoms with Crippen LogP contribution in [0.25, 0.3) is 0 Å². The van der Waals surface area contributed by atoms with Gasteiger partial charge in [-0.25, -0.2) is 0 Å². The molecule has 1 N–H and O–H groups in total. The Labute approximate surface area is 148 Å². The summed E-state index contributed by atoms with van der Waals surface area (Å²) in [5.41, 5.74) is 1.75.